The van der Waals surface area contributed by atoms with Crippen molar-refractivity contribution >= 4 is 11.9 Å². The first-order chi connectivity index (χ1) is 10.9. The number of carbonyl (C=O) groups is 2. The zero-order valence-corrected chi connectivity index (χ0v) is 13.9. The van der Waals surface area contributed by atoms with Crippen molar-refractivity contribution in [3.05, 3.63) is 18.0 Å². The summed E-state index contributed by atoms with van der Waals surface area (Å²) < 4.78 is 1.91. The van der Waals surface area contributed by atoms with E-state index < -0.39 is 11.4 Å². The molecule has 23 heavy (non-hydrogen) atoms. The molecule has 0 bridgehead atoms. The Morgan fingerprint density at radius 2 is 2.04 bits per heavy atom. The van der Waals surface area contributed by atoms with Gasteiger partial charge in [-0.2, -0.15) is 5.10 Å². The molecule has 1 N–H and O–H groups in total. The molecule has 1 aromatic heterocycles. The molecule has 1 aromatic rings. The number of hydrogen-bond acceptors (Lipinski definition) is 3. The summed E-state index contributed by atoms with van der Waals surface area (Å²) in [4.78, 5) is 26.0. The lowest BCUT2D eigenvalue weighted by Crippen LogP contribution is -2.40. The minimum atomic E-state index is -0.830. The highest BCUT2D eigenvalue weighted by Crippen LogP contribution is 2.38. The van der Waals surface area contributed by atoms with E-state index in [9.17, 15) is 14.7 Å². The largest absolute Gasteiger partial charge is 0.481 e. The second kappa shape index (κ2) is 5.98. The molecule has 0 radical (unpaired) electrons. The maximum Gasteiger partial charge on any atom is 0.311 e. The monoisotopic (exact) mass is 319 g/mol. The molecule has 2 aliphatic rings. The van der Waals surface area contributed by atoms with Gasteiger partial charge in [0.15, 0.2) is 0 Å². The first kappa shape index (κ1) is 16.0. The molecule has 0 aromatic carbocycles. The number of amides is 1. The molecule has 2 heterocycles. The summed E-state index contributed by atoms with van der Waals surface area (Å²) in [7, 11) is 0. The number of carbonyl (C=O) groups excluding carboxylic acids is 1. The molecule has 1 atom stereocenters. The zero-order chi connectivity index (χ0) is 16.6. The van der Waals surface area contributed by atoms with E-state index in [4.69, 9.17) is 0 Å². The average Bonchev–Trinajstić information content (AvgIpc) is 3.25. The van der Waals surface area contributed by atoms with Gasteiger partial charge in [0.25, 0.3) is 5.91 Å². The fourth-order valence-corrected chi connectivity index (χ4v) is 3.89. The molecule has 126 valence electrons. The summed E-state index contributed by atoms with van der Waals surface area (Å²) in [5, 5.41) is 14.0. The van der Waals surface area contributed by atoms with Crippen molar-refractivity contribution < 1.29 is 14.7 Å². The van der Waals surface area contributed by atoms with E-state index in [0.29, 0.717) is 24.7 Å². The van der Waals surface area contributed by atoms with Crippen molar-refractivity contribution in [1.82, 2.24) is 14.7 Å². The van der Waals surface area contributed by atoms with E-state index in [1.165, 1.54) is 12.8 Å². The quantitative estimate of drug-likeness (QED) is 0.925. The van der Waals surface area contributed by atoms with Gasteiger partial charge in [-0.1, -0.05) is 26.7 Å². The Morgan fingerprint density at radius 3 is 2.61 bits per heavy atom. The molecule has 3 rings (SSSR count). The van der Waals surface area contributed by atoms with Gasteiger partial charge in [-0.05, 0) is 31.2 Å². The van der Waals surface area contributed by atoms with E-state index in [2.05, 4.69) is 5.10 Å². The molecule has 1 aliphatic carbocycles. The standard InChI is InChI=1S/C17H25N3O3/c1-12(2)17(16(22)23)8-10-19(11-17)15(21)14-7-9-20(18-14)13-5-3-4-6-13/h7,9,12-13H,3-6,8,10-11H2,1-2H3,(H,22,23). The van der Waals surface area contributed by atoms with Crippen molar-refractivity contribution in [1.29, 1.82) is 0 Å². The van der Waals surface area contributed by atoms with Crippen molar-refractivity contribution in [3.8, 4) is 0 Å². The second-order valence-corrected chi connectivity index (χ2v) is 7.21. The Bertz CT molecular complexity index is 604. The summed E-state index contributed by atoms with van der Waals surface area (Å²) in [6, 6.07) is 2.17. The minimum absolute atomic E-state index is 0.00570. The van der Waals surface area contributed by atoms with Gasteiger partial charge in [-0.25, -0.2) is 0 Å². The number of rotatable bonds is 4. The number of hydrogen-bond donors (Lipinski definition) is 1. The summed E-state index contributed by atoms with van der Waals surface area (Å²) in [5.41, 5.74) is -0.397. The zero-order valence-electron chi connectivity index (χ0n) is 13.9. The Kier molecular flexibility index (Phi) is 4.17. The van der Waals surface area contributed by atoms with Crippen LogP contribution in [0.2, 0.25) is 0 Å². The van der Waals surface area contributed by atoms with Crippen LogP contribution in [0.15, 0.2) is 12.3 Å². The van der Waals surface area contributed by atoms with E-state index in [1.807, 2.05) is 24.7 Å². The number of likely N-dealkylation sites (tertiary alicyclic amines) is 1. The van der Waals surface area contributed by atoms with Gasteiger partial charge in [-0.15, -0.1) is 0 Å². The van der Waals surface area contributed by atoms with E-state index in [1.54, 1.807) is 11.0 Å². The van der Waals surface area contributed by atoms with Crippen molar-refractivity contribution in [2.75, 3.05) is 13.1 Å². The topological polar surface area (TPSA) is 75.4 Å². The highest BCUT2D eigenvalue weighted by atomic mass is 16.4. The van der Waals surface area contributed by atoms with E-state index in [0.717, 1.165) is 12.8 Å². The Labute approximate surface area is 136 Å². The van der Waals surface area contributed by atoms with Gasteiger partial charge in [0.1, 0.15) is 5.69 Å². The van der Waals surface area contributed by atoms with E-state index >= 15 is 0 Å². The minimum Gasteiger partial charge on any atom is -0.481 e. The van der Waals surface area contributed by atoms with Crippen molar-refractivity contribution in [2.45, 2.75) is 52.0 Å². The van der Waals surface area contributed by atoms with Crippen LogP contribution in [-0.4, -0.2) is 44.8 Å². The molecular formula is C17H25N3O3. The fraction of sp³-hybridized carbons (Fsp3) is 0.706. The maximum absolute atomic E-state index is 12.7. The third-order valence-electron chi connectivity index (χ3n) is 5.65. The van der Waals surface area contributed by atoms with Crippen LogP contribution in [0.4, 0.5) is 0 Å². The molecule has 1 amide bonds. The van der Waals surface area contributed by atoms with Crippen LogP contribution in [0.1, 0.15) is 62.5 Å². The average molecular weight is 319 g/mol. The van der Waals surface area contributed by atoms with E-state index in [-0.39, 0.29) is 18.4 Å². The highest BCUT2D eigenvalue weighted by molar-refractivity contribution is 5.93. The van der Waals surface area contributed by atoms with Gasteiger partial charge in [-0.3, -0.25) is 14.3 Å². The smallest absolute Gasteiger partial charge is 0.311 e. The third kappa shape index (κ3) is 2.75. The van der Waals surface area contributed by atoms with Gasteiger partial charge in [0, 0.05) is 19.3 Å². The molecule has 1 saturated heterocycles. The molecule has 1 unspecified atom stereocenters. The molecular weight excluding hydrogens is 294 g/mol. The van der Waals surface area contributed by atoms with Crippen LogP contribution in [-0.2, 0) is 4.79 Å². The normalized spacial score (nSPS) is 25.4. The van der Waals surface area contributed by atoms with Crippen molar-refractivity contribution in [3.63, 3.8) is 0 Å². The lowest BCUT2D eigenvalue weighted by atomic mass is 9.76. The van der Waals surface area contributed by atoms with Crippen LogP contribution < -0.4 is 0 Å². The number of nitrogens with zero attached hydrogens (tertiary/aromatic N) is 3. The Hall–Kier alpha value is -1.85. The second-order valence-electron chi connectivity index (χ2n) is 7.21. The molecule has 0 spiro atoms. The molecule has 1 saturated carbocycles. The summed E-state index contributed by atoms with van der Waals surface area (Å²) in [6.07, 6.45) is 7.06. The molecule has 6 nitrogen and oxygen atoms in total. The summed E-state index contributed by atoms with van der Waals surface area (Å²) in [5.74, 6) is -0.960. The first-order valence-corrected chi connectivity index (χ1v) is 8.52. The van der Waals surface area contributed by atoms with Crippen LogP contribution in [0.25, 0.3) is 0 Å². The van der Waals surface area contributed by atoms with Crippen LogP contribution in [0.5, 0.6) is 0 Å². The number of aromatic nitrogens is 2. The fourth-order valence-electron chi connectivity index (χ4n) is 3.89. The highest BCUT2D eigenvalue weighted by Gasteiger charge is 2.48. The summed E-state index contributed by atoms with van der Waals surface area (Å²) >= 11 is 0. The predicted molar refractivity (Wildman–Crippen MR) is 85.2 cm³/mol. The number of carboxylic acids is 1. The van der Waals surface area contributed by atoms with Gasteiger partial charge < -0.3 is 10.0 Å². The molecule has 6 heteroatoms. The third-order valence-corrected chi connectivity index (χ3v) is 5.65. The number of carboxylic acid groups (broad SMARTS) is 1. The summed E-state index contributed by atoms with van der Waals surface area (Å²) in [6.45, 7) is 4.59. The Balaban J connectivity index is 1.73. The van der Waals surface area contributed by atoms with Crippen LogP contribution in [0, 0.1) is 11.3 Å². The lowest BCUT2D eigenvalue weighted by molar-refractivity contribution is -0.150. The lowest BCUT2D eigenvalue weighted by Gasteiger charge is -2.28. The van der Waals surface area contributed by atoms with Crippen LogP contribution in [0.3, 0.4) is 0 Å². The maximum atomic E-state index is 12.7. The predicted octanol–water partition coefficient (Wildman–Crippen LogP) is 2.57. The van der Waals surface area contributed by atoms with Gasteiger partial charge >= 0.3 is 5.97 Å². The number of aliphatic carboxylic acids is 1. The van der Waals surface area contributed by atoms with Crippen LogP contribution >= 0.6 is 0 Å². The molecule has 1 aliphatic heterocycles. The Morgan fingerprint density at radius 1 is 1.35 bits per heavy atom. The first-order valence-electron chi connectivity index (χ1n) is 8.52. The SMILES string of the molecule is CC(C)C1(C(=O)O)CCN(C(=O)c2ccn(C3CCCC3)n2)C1. The van der Waals surface area contributed by atoms with Gasteiger partial charge in [0.2, 0.25) is 0 Å². The van der Waals surface area contributed by atoms with Gasteiger partial charge in [0.05, 0.1) is 11.5 Å². The molecule has 2 fully saturated rings. The van der Waals surface area contributed by atoms with Crippen molar-refractivity contribution in [2.24, 2.45) is 11.3 Å².